The van der Waals surface area contributed by atoms with Crippen LogP contribution >= 0.6 is 0 Å². The minimum absolute atomic E-state index is 0.0367. The van der Waals surface area contributed by atoms with Crippen molar-refractivity contribution in [3.8, 4) is 0 Å². The summed E-state index contributed by atoms with van der Waals surface area (Å²) in [7, 11) is 1.30. The molecule has 1 heterocycles. The second-order valence-corrected chi connectivity index (χ2v) is 5.47. The lowest BCUT2D eigenvalue weighted by atomic mass is 9.68. The lowest BCUT2D eigenvalue weighted by molar-refractivity contribution is -0.153. The highest BCUT2D eigenvalue weighted by Crippen LogP contribution is 2.62. The number of hydrogen-bond donors (Lipinski definition) is 1. The molecule has 2 rings (SSSR count). The van der Waals surface area contributed by atoms with Gasteiger partial charge in [-0.1, -0.05) is 19.1 Å². The molecule has 0 amide bonds. The van der Waals surface area contributed by atoms with Gasteiger partial charge in [0, 0.05) is 11.3 Å². The summed E-state index contributed by atoms with van der Waals surface area (Å²) in [6.07, 6.45) is -0.932. The van der Waals surface area contributed by atoms with Crippen LogP contribution in [0.2, 0.25) is 0 Å². The standard InChI is InChI=1S/C13H18O5/c1-7-8(5-9(14)17-4)10(15)13(3)11(16)18-6-12(7,13)2/h8,10,15H,1,5-6H2,2-4H3/t8-,10+,12-,13-/m0/s1. The molecule has 0 radical (unpaired) electrons. The number of aliphatic hydroxyl groups is 1. The van der Waals surface area contributed by atoms with Crippen LogP contribution in [0.3, 0.4) is 0 Å². The van der Waals surface area contributed by atoms with E-state index in [2.05, 4.69) is 11.3 Å². The Hall–Kier alpha value is -1.36. The number of cyclic esters (lactones) is 1. The van der Waals surface area contributed by atoms with Gasteiger partial charge in [0.05, 0.1) is 19.6 Å². The highest BCUT2D eigenvalue weighted by molar-refractivity contribution is 5.83. The molecular weight excluding hydrogens is 236 g/mol. The number of esters is 2. The average molecular weight is 254 g/mol. The van der Waals surface area contributed by atoms with Crippen molar-refractivity contribution >= 4 is 11.9 Å². The van der Waals surface area contributed by atoms with Crippen LogP contribution in [0.5, 0.6) is 0 Å². The Morgan fingerprint density at radius 2 is 2.22 bits per heavy atom. The Bertz CT molecular complexity index is 429. The number of aliphatic hydroxyl groups excluding tert-OH is 1. The number of ether oxygens (including phenoxy) is 2. The van der Waals surface area contributed by atoms with Crippen LogP contribution in [-0.4, -0.2) is 36.9 Å². The summed E-state index contributed by atoms with van der Waals surface area (Å²) in [4.78, 5) is 23.3. The molecule has 0 aromatic carbocycles. The van der Waals surface area contributed by atoms with E-state index in [9.17, 15) is 14.7 Å². The van der Waals surface area contributed by atoms with E-state index in [0.717, 1.165) is 0 Å². The molecule has 2 fully saturated rings. The topological polar surface area (TPSA) is 72.8 Å². The fraction of sp³-hybridized carbons (Fsp3) is 0.692. The number of methoxy groups -OCH3 is 1. The summed E-state index contributed by atoms with van der Waals surface area (Å²) in [6.45, 7) is 7.70. The van der Waals surface area contributed by atoms with Crippen molar-refractivity contribution in [3.63, 3.8) is 0 Å². The molecule has 18 heavy (non-hydrogen) atoms. The van der Waals surface area contributed by atoms with Gasteiger partial charge in [0.25, 0.3) is 0 Å². The Morgan fingerprint density at radius 1 is 1.61 bits per heavy atom. The number of rotatable bonds is 2. The number of carbonyl (C=O) groups is 2. The van der Waals surface area contributed by atoms with Crippen LogP contribution in [0.1, 0.15) is 20.3 Å². The first-order valence-corrected chi connectivity index (χ1v) is 5.90. The zero-order valence-corrected chi connectivity index (χ0v) is 10.9. The third-order valence-electron chi connectivity index (χ3n) is 4.81. The molecule has 5 heteroatoms. The number of hydrogen-bond acceptors (Lipinski definition) is 5. The van der Waals surface area contributed by atoms with Crippen LogP contribution in [0.15, 0.2) is 12.2 Å². The lowest BCUT2D eigenvalue weighted by Crippen LogP contribution is -2.42. The van der Waals surface area contributed by atoms with Crippen molar-refractivity contribution < 1.29 is 24.2 Å². The molecule has 1 aliphatic carbocycles. The van der Waals surface area contributed by atoms with Crippen molar-refractivity contribution in [2.45, 2.75) is 26.4 Å². The van der Waals surface area contributed by atoms with E-state index in [1.165, 1.54) is 7.11 Å². The van der Waals surface area contributed by atoms with Crippen molar-refractivity contribution in [3.05, 3.63) is 12.2 Å². The van der Waals surface area contributed by atoms with Crippen LogP contribution in [0.25, 0.3) is 0 Å². The number of carbonyl (C=O) groups excluding carboxylic acids is 2. The maximum absolute atomic E-state index is 11.9. The molecule has 0 spiro atoms. The first-order chi connectivity index (χ1) is 8.29. The van der Waals surface area contributed by atoms with E-state index in [4.69, 9.17) is 4.74 Å². The lowest BCUT2D eigenvalue weighted by Gasteiger charge is -2.30. The summed E-state index contributed by atoms with van der Waals surface area (Å²) in [5, 5.41) is 10.4. The molecular formula is C13H18O5. The second-order valence-electron chi connectivity index (χ2n) is 5.47. The van der Waals surface area contributed by atoms with Gasteiger partial charge in [0.1, 0.15) is 12.0 Å². The summed E-state index contributed by atoms with van der Waals surface area (Å²) in [5.41, 5.74) is -0.959. The van der Waals surface area contributed by atoms with Gasteiger partial charge >= 0.3 is 11.9 Å². The largest absolute Gasteiger partial charge is 0.469 e. The molecule has 0 aromatic heterocycles. The second kappa shape index (κ2) is 3.82. The molecule has 0 unspecified atom stereocenters. The van der Waals surface area contributed by atoms with Crippen molar-refractivity contribution in [2.75, 3.05) is 13.7 Å². The third-order valence-corrected chi connectivity index (χ3v) is 4.81. The Kier molecular flexibility index (Phi) is 2.77. The van der Waals surface area contributed by atoms with Gasteiger partial charge in [-0.25, -0.2) is 0 Å². The Balaban J connectivity index is 2.37. The van der Waals surface area contributed by atoms with Crippen molar-refractivity contribution in [1.29, 1.82) is 0 Å². The molecule has 5 nitrogen and oxygen atoms in total. The zero-order valence-electron chi connectivity index (χ0n) is 10.9. The van der Waals surface area contributed by atoms with Gasteiger partial charge in [-0.3, -0.25) is 9.59 Å². The highest BCUT2D eigenvalue weighted by atomic mass is 16.5. The predicted octanol–water partition coefficient (Wildman–Crippen LogP) is 0.666. The first kappa shape index (κ1) is 13.1. The van der Waals surface area contributed by atoms with E-state index in [0.29, 0.717) is 5.57 Å². The molecule has 1 aliphatic heterocycles. The van der Waals surface area contributed by atoms with Crippen LogP contribution < -0.4 is 0 Å². The molecule has 1 saturated carbocycles. The zero-order chi connectivity index (χ0) is 13.7. The minimum Gasteiger partial charge on any atom is -0.469 e. The summed E-state index contributed by atoms with van der Waals surface area (Å²) in [5.74, 6) is -1.30. The predicted molar refractivity (Wildman–Crippen MR) is 62.4 cm³/mol. The quantitative estimate of drug-likeness (QED) is 0.579. The van der Waals surface area contributed by atoms with Crippen molar-refractivity contribution in [1.82, 2.24) is 0 Å². The number of fused-ring (bicyclic) bond motifs is 1. The normalized spacial score (nSPS) is 42.7. The fourth-order valence-electron chi connectivity index (χ4n) is 3.11. The fourth-order valence-corrected chi connectivity index (χ4v) is 3.11. The maximum Gasteiger partial charge on any atom is 0.315 e. The van der Waals surface area contributed by atoms with Gasteiger partial charge in [0.15, 0.2) is 0 Å². The molecule has 0 aromatic rings. The maximum atomic E-state index is 11.9. The SMILES string of the molecule is C=C1[C@H](CC(=O)OC)[C@@H](O)[C@@]2(C)C(=O)OC[C@@]12C. The van der Waals surface area contributed by atoms with Gasteiger partial charge < -0.3 is 14.6 Å². The molecule has 1 N–H and O–H groups in total. The molecule has 1 saturated heterocycles. The minimum atomic E-state index is -1.03. The monoisotopic (exact) mass is 254 g/mol. The van der Waals surface area contributed by atoms with E-state index in [-0.39, 0.29) is 13.0 Å². The van der Waals surface area contributed by atoms with Crippen molar-refractivity contribution in [2.24, 2.45) is 16.7 Å². The van der Waals surface area contributed by atoms with E-state index in [1.54, 1.807) is 6.92 Å². The molecule has 0 bridgehead atoms. The highest BCUT2D eigenvalue weighted by Gasteiger charge is 2.69. The average Bonchev–Trinajstić information content (AvgIpc) is 2.66. The van der Waals surface area contributed by atoms with E-state index in [1.807, 2.05) is 6.92 Å². The van der Waals surface area contributed by atoms with Gasteiger partial charge in [0.2, 0.25) is 0 Å². The molecule has 100 valence electrons. The summed E-state index contributed by atoms with van der Waals surface area (Å²) >= 11 is 0. The Morgan fingerprint density at radius 3 is 2.72 bits per heavy atom. The van der Waals surface area contributed by atoms with Gasteiger partial charge in [-0.2, -0.15) is 0 Å². The molecule has 4 atom stereocenters. The van der Waals surface area contributed by atoms with Crippen LogP contribution in [0.4, 0.5) is 0 Å². The third kappa shape index (κ3) is 1.31. The Labute approximate surface area is 106 Å². The molecule has 2 aliphatic rings. The van der Waals surface area contributed by atoms with E-state index < -0.39 is 34.8 Å². The van der Waals surface area contributed by atoms with Crippen LogP contribution in [0, 0.1) is 16.7 Å². The van der Waals surface area contributed by atoms with Crippen LogP contribution in [-0.2, 0) is 19.1 Å². The first-order valence-electron chi connectivity index (χ1n) is 5.90. The smallest absolute Gasteiger partial charge is 0.315 e. The summed E-state index contributed by atoms with van der Waals surface area (Å²) in [6, 6.07) is 0. The van der Waals surface area contributed by atoms with E-state index >= 15 is 0 Å². The summed E-state index contributed by atoms with van der Waals surface area (Å²) < 4.78 is 9.69. The van der Waals surface area contributed by atoms with Gasteiger partial charge in [-0.15, -0.1) is 0 Å². The van der Waals surface area contributed by atoms with Gasteiger partial charge in [-0.05, 0) is 6.92 Å².